The van der Waals surface area contributed by atoms with Crippen LogP contribution in [0.4, 0.5) is 0 Å². The molecule has 2 aromatic carbocycles. The van der Waals surface area contributed by atoms with Crippen molar-refractivity contribution in [3.05, 3.63) is 69.8 Å². The molecule has 0 aliphatic carbocycles. The molecule has 0 amide bonds. The highest BCUT2D eigenvalue weighted by Crippen LogP contribution is 2.15. The van der Waals surface area contributed by atoms with Crippen molar-refractivity contribution in [3.8, 4) is 0 Å². The second kappa shape index (κ2) is 6.23. The third-order valence-corrected chi connectivity index (χ3v) is 3.51. The number of hydrogen-bond acceptors (Lipinski definition) is 1. The Morgan fingerprint density at radius 2 is 0.950 bits per heavy atom. The zero-order valence-electron chi connectivity index (χ0n) is 12.9. The van der Waals surface area contributed by atoms with Gasteiger partial charge in [-0.2, -0.15) is 0 Å². The van der Waals surface area contributed by atoms with E-state index in [1.807, 2.05) is 0 Å². The van der Waals surface area contributed by atoms with Crippen LogP contribution in [0.15, 0.2) is 36.4 Å². The second-order valence-electron chi connectivity index (χ2n) is 6.05. The predicted octanol–water partition coefficient (Wildman–Crippen LogP) is 4.07. The van der Waals surface area contributed by atoms with Gasteiger partial charge in [0.15, 0.2) is 0 Å². The number of benzene rings is 2. The van der Waals surface area contributed by atoms with Gasteiger partial charge in [0.25, 0.3) is 0 Å². The van der Waals surface area contributed by atoms with Crippen molar-refractivity contribution >= 4 is 0 Å². The summed E-state index contributed by atoms with van der Waals surface area (Å²) in [6, 6.07) is 13.0. The average Bonchev–Trinajstić information content (AvgIpc) is 2.24. The molecule has 1 nitrogen and oxygen atoms in total. The predicted molar refractivity (Wildman–Crippen MR) is 85.2 cm³/mol. The molecule has 20 heavy (non-hydrogen) atoms. The molecule has 106 valence electrons. The Morgan fingerprint density at radius 1 is 0.650 bits per heavy atom. The molecule has 1 heteroatoms. The van der Waals surface area contributed by atoms with Gasteiger partial charge in [-0.05, 0) is 51.7 Å². The lowest BCUT2D eigenvalue weighted by Crippen LogP contribution is -2.14. The number of aliphatic hydroxyl groups is 1. The SMILES string of the molecule is Cc1cc(C)cc(CC(O)Cc2cc(C)cc(C)c2)c1. The molecular formula is C19H24O. The van der Waals surface area contributed by atoms with Gasteiger partial charge in [-0.15, -0.1) is 0 Å². The van der Waals surface area contributed by atoms with E-state index in [9.17, 15) is 5.11 Å². The first kappa shape index (κ1) is 14.8. The lowest BCUT2D eigenvalue weighted by Gasteiger charge is -2.13. The minimum absolute atomic E-state index is 0.322. The average molecular weight is 268 g/mol. The van der Waals surface area contributed by atoms with Crippen LogP contribution < -0.4 is 0 Å². The van der Waals surface area contributed by atoms with Gasteiger partial charge >= 0.3 is 0 Å². The summed E-state index contributed by atoms with van der Waals surface area (Å²) in [5.74, 6) is 0. The van der Waals surface area contributed by atoms with Crippen LogP contribution in [0, 0.1) is 27.7 Å². The van der Waals surface area contributed by atoms with Gasteiger partial charge < -0.3 is 5.11 Å². The molecule has 0 atom stereocenters. The molecule has 2 rings (SSSR count). The van der Waals surface area contributed by atoms with Crippen molar-refractivity contribution in [1.82, 2.24) is 0 Å². The monoisotopic (exact) mass is 268 g/mol. The van der Waals surface area contributed by atoms with Crippen molar-refractivity contribution in [2.45, 2.75) is 46.6 Å². The Labute approximate surface area is 122 Å². The fraction of sp³-hybridized carbons (Fsp3) is 0.368. The highest BCUT2D eigenvalue weighted by atomic mass is 16.3. The number of aryl methyl sites for hydroxylation is 4. The molecule has 0 aliphatic heterocycles. The van der Waals surface area contributed by atoms with E-state index in [2.05, 4.69) is 64.1 Å². The minimum Gasteiger partial charge on any atom is -0.392 e. The molecule has 0 spiro atoms. The molecule has 0 aromatic heterocycles. The van der Waals surface area contributed by atoms with Crippen LogP contribution >= 0.6 is 0 Å². The molecule has 2 aromatic rings. The summed E-state index contributed by atoms with van der Waals surface area (Å²) in [5.41, 5.74) is 7.49. The van der Waals surface area contributed by atoms with E-state index >= 15 is 0 Å². The molecule has 0 saturated heterocycles. The highest BCUT2D eigenvalue weighted by Gasteiger charge is 2.08. The van der Waals surface area contributed by atoms with Gasteiger partial charge in [0.05, 0.1) is 6.10 Å². The highest BCUT2D eigenvalue weighted by molar-refractivity contribution is 5.31. The normalized spacial score (nSPS) is 11.1. The van der Waals surface area contributed by atoms with Gasteiger partial charge in [0, 0.05) is 0 Å². The summed E-state index contributed by atoms with van der Waals surface area (Å²) in [7, 11) is 0. The fourth-order valence-corrected chi connectivity index (χ4v) is 2.99. The summed E-state index contributed by atoms with van der Waals surface area (Å²) in [4.78, 5) is 0. The Bertz CT molecular complexity index is 505. The Hall–Kier alpha value is -1.60. The Balaban J connectivity index is 2.06. The molecule has 0 heterocycles. The van der Waals surface area contributed by atoms with E-state index in [1.165, 1.54) is 33.4 Å². The number of hydrogen-bond donors (Lipinski definition) is 1. The third kappa shape index (κ3) is 4.21. The molecule has 0 unspecified atom stereocenters. The maximum atomic E-state index is 10.3. The maximum Gasteiger partial charge on any atom is 0.0620 e. The number of rotatable bonds is 4. The third-order valence-electron chi connectivity index (χ3n) is 3.51. The first-order chi connectivity index (χ1) is 9.42. The molecule has 0 aliphatic rings. The van der Waals surface area contributed by atoms with E-state index in [4.69, 9.17) is 0 Å². The van der Waals surface area contributed by atoms with Gasteiger partial charge in [-0.25, -0.2) is 0 Å². The van der Waals surface area contributed by atoms with E-state index in [0.717, 1.165) is 12.8 Å². The van der Waals surface area contributed by atoms with Gasteiger partial charge in [-0.1, -0.05) is 58.7 Å². The summed E-state index contributed by atoms with van der Waals surface area (Å²) < 4.78 is 0. The smallest absolute Gasteiger partial charge is 0.0620 e. The van der Waals surface area contributed by atoms with Crippen LogP contribution in [-0.2, 0) is 12.8 Å². The molecule has 0 bridgehead atoms. The van der Waals surface area contributed by atoms with Gasteiger partial charge in [-0.3, -0.25) is 0 Å². The van der Waals surface area contributed by atoms with Crippen LogP contribution in [0.2, 0.25) is 0 Å². The Morgan fingerprint density at radius 3 is 1.25 bits per heavy atom. The second-order valence-corrected chi connectivity index (χ2v) is 6.05. The summed E-state index contributed by atoms with van der Waals surface area (Å²) >= 11 is 0. The summed E-state index contributed by atoms with van der Waals surface area (Å²) in [6.45, 7) is 8.42. The minimum atomic E-state index is -0.322. The lowest BCUT2D eigenvalue weighted by atomic mass is 9.97. The van der Waals surface area contributed by atoms with Crippen molar-refractivity contribution < 1.29 is 5.11 Å². The van der Waals surface area contributed by atoms with Crippen LogP contribution in [0.3, 0.4) is 0 Å². The Kier molecular flexibility index (Phi) is 4.61. The van der Waals surface area contributed by atoms with E-state index in [0.29, 0.717) is 0 Å². The fourth-order valence-electron chi connectivity index (χ4n) is 2.99. The van der Waals surface area contributed by atoms with E-state index in [1.54, 1.807) is 0 Å². The van der Waals surface area contributed by atoms with Crippen LogP contribution in [0.1, 0.15) is 33.4 Å². The van der Waals surface area contributed by atoms with Crippen molar-refractivity contribution in [1.29, 1.82) is 0 Å². The zero-order valence-corrected chi connectivity index (χ0v) is 12.9. The van der Waals surface area contributed by atoms with Crippen molar-refractivity contribution in [3.63, 3.8) is 0 Å². The van der Waals surface area contributed by atoms with Gasteiger partial charge in [0.1, 0.15) is 0 Å². The van der Waals surface area contributed by atoms with Crippen molar-refractivity contribution in [2.75, 3.05) is 0 Å². The van der Waals surface area contributed by atoms with E-state index in [-0.39, 0.29) is 6.10 Å². The standard InChI is InChI=1S/C19H24O/c1-13-5-14(2)8-17(7-13)11-19(20)12-18-9-15(3)6-16(4)10-18/h5-10,19-20H,11-12H2,1-4H3. The summed E-state index contributed by atoms with van der Waals surface area (Å²) in [6.07, 6.45) is 1.11. The first-order valence-corrected chi connectivity index (χ1v) is 7.25. The number of aliphatic hydroxyl groups excluding tert-OH is 1. The summed E-state index contributed by atoms with van der Waals surface area (Å²) in [5, 5.41) is 10.3. The molecule has 0 saturated carbocycles. The van der Waals surface area contributed by atoms with Crippen molar-refractivity contribution in [2.24, 2.45) is 0 Å². The first-order valence-electron chi connectivity index (χ1n) is 7.25. The zero-order chi connectivity index (χ0) is 14.7. The van der Waals surface area contributed by atoms with Gasteiger partial charge in [0.2, 0.25) is 0 Å². The molecule has 0 fully saturated rings. The lowest BCUT2D eigenvalue weighted by molar-refractivity contribution is 0.175. The van der Waals surface area contributed by atoms with Crippen LogP contribution in [0.5, 0.6) is 0 Å². The van der Waals surface area contributed by atoms with E-state index < -0.39 is 0 Å². The molecule has 0 radical (unpaired) electrons. The molecular weight excluding hydrogens is 244 g/mol. The largest absolute Gasteiger partial charge is 0.392 e. The molecule has 1 N–H and O–H groups in total. The van der Waals surface area contributed by atoms with Crippen LogP contribution in [0.25, 0.3) is 0 Å². The topological polar surface area (TPSA) is 20.2 Å². The van der Waals surface area contributed by atoms with Crippen LogP contribution in [-0.4, -0.2) is 11.2 Å². The maximum absolute atomic E-state index is 10.3. The quantitative estimate of drug-likeness (QED) is 0.886.